The van der Waals surface area contributed by atoms with Crippen LogP contribution in [0.15, 0.2) is 67.0 Å². The van der Waals surface area contributed by atoms with Gasteiger partial charge in [-0.05, 0) is 68.9 Å². The van der Waals surface area contributed by atoms with Crippen molar-refractivity contribution in [1.82, 2.24) is 0 Å². The minimum absolute atomic E-state index is 1.15. The van der Waals surface area contributed by atoms with Crippen molar-refractivity contribution in [3.8, 4) is 0 Å². The molecule has 1 nitrogen and oxygen atoms in total. The van der Waals surface area contributed by atoms with E-state index in [0.29, 0.717) is 0 Å². The van der Waals surface area contributed by atoms with Gasteiger partial charge in [-0.15, -0.1) is 0 Å². The second-order valence-electron chi connectivity index (χ2n) is 11.1. The van der Waals surface area contributed by atoms with Gasteiger partial charge in [0, 0.05) is 18.6 Å². The van der Waals surface area contributed by atoms with Crippen LogP contribution in [0.4, 0.5) is 0 Å². The molecule has 0 fully saturated rings. The Bertz CT molecular complexity index is 761. The van der Waals surface area contributed by atoms with Crippen molar-refractivity contribution in [2.75, 3.05) is 0 Å². The highest BCUT2D eigenvalue weighted by molar-refractivity contribution is 5.14. The second-order valence-corrected chi connectivity index (χ2v) is 11.1. The van der Waals surface area contributed by atoms with Gasteiger partial charge in [0.1, 0.15) is 6.54 Å². The highest BCUT2D eigenvalue weighted by atomic mass is 14.9. The minimum Gasteiger partial charge on any atom is -0.205 e. The normalized spacial score (nSPS) is 11.5. The predicted octanol–water partition coefficient (Wildman–Crippen LogP) is 10.7. The molecule has 0 spiro atoms. The van der Waals surface area contributed by atoms with Crippen molar-refractivity contribution in [3.63, 3.8) is 0 Å². The van der Waals surface area contributed by atoms with Crippen LogP contribution in [0.25, 0.3) is 0 Å². The second kappa shape index (κ2) is 23.2. The zero-order valence-electron chi connectivity index (χ0n) is 24.4. The average Bonchev–Trinajstić information content (AvgIpc) is 2.93. The monoisotopic (exact) mass is 504 g/mol. The number of benzene rings is 1. The van der Waals surface area contributed by atoms with Gasteiger partial charge in [-0.25, -0.2) is 4.57 Å². The Hall–Kier alpha value is -1.89. The number of aromatic nitrogens is 1. The lowest BCUT2D eigenvalue weighted by Gasteiger charge is -2.03. The SMILES string of the molecule is CCCCCCCC/C=C\CCCCCCCCCc1cc[n+](CCCCCCc2ccccc2)cc1. The molecule has 1 aromatic heterocycles. The standard InChI is InChI=1S/C36H58N/c1-2-3-4-5-6-7-8-9-10-11-12-13-14-15-16-17-21-29-36-30-33-37(34-31-36)32-25-19-18-22-26-35-27-23-20-24-28-35/h9-10,20,23-24,27-28,30-31,33-34H,2-8,11-19,21-22,25-26,29,32H2,1H3/q+1/b10-9-. The molecule has 0 radical (unpaired) electrons. The number of allylic oxidation sites excluding steroid dienone is 2. The lowest BCUT2D eigenvalue weighted by molar-refractivity contribution is -0.697. The number of rotatable bonds is 24. The quantitative estimate of drug-likeness (QED) is 0.0760. The van der Waals surface area contributed by atoms with E-state index in [4.69, 9.17) is 0 Å². The number of nitrogens with zero attached hydrogens (tertiary/aromatic N) is 1. The molecule has 1 heterocycles. The van der Waals surface area contributed by atoms with Crippen LogP contribution in [0.2, 0.25) is 0 Å². The summed E-state index contributed by atoms with van der Waals surface area (Å²) in [7, 11) is 0. The number of unbranched alkanes of at least 4 members (excludes halogenated alkanes) is 16. The number of hydrogen-bond acceptors (Lipinski definition) is 0. The molecule has 1 aromatic carbocycles. The minimum atomic E-state index is 1.15. The molecule has 206 valence electrons. The highest BCUT2D eigenvalue weighted by Crippen LogP contribution is 2.12. The molecule has 1 heteroatoms. The molecule has 2 aromatic rings. The van der Waals surface area contributed by atoms with E-state index in [0.717, 1.165) is 6.54 Å². The highest BCUT2D eigenvalue weighted by Gasteiger charge is 2.02. The summed E-state index contributed by atoms with van der Waals surface area (Å²) < 4.78 is 2.37. The van der Waals surface area contributed by atoms with Gasteiger partial charge in [0.2, 0.25) is 0 Å². The average molecular weight is 505 g/mol. The first-order valence-corrected chi connectivity index (χ1v) is 16.1. The molecule has 0 N–H and O–H groups in total. The van der Waals surface area contributed by atoms with Crippen molar-refractivity contribution >= 4 is 0 Å². The third kappa shape index (κ3) is 18.1. The van der Waals surface area contributed by atoms with Gasteiger partial charge in [-0.2, -0.15) is 0 Å². The van der Waals surface area contributed by atoms with Gasteiger partial charge in [-0.3, -0.25) is 0 Å². The summed E-state index contributed by atoms with van der Waals surface area (Å²) >= 11 is 0. The lowest BCUT2D eigenvalue weighted by atomic mass is 10.0. The van der Waals surface area contributed by atoms with Crippen LogP contribution in [-0.4, -0.2) is 0 Å². The molecule has 0 atom stereocenters. The fourth-order valence-electron chi connectivity index (χ4n) is 5.18. The van der Waals surface area contributed by atoms with Gasteiger partial charge in [-0.1, -0.05) is 120 Å². The molecule has 0 bridgehead atoms. The van der Waals surface area contributed by atoms with Gasteiger partial charge >= 0.3 is 0 Å². The van der Waals surface area contributed by atoms with Crippen LogP contribution in [0.3, 0.4) is 0 Å². The Labute approximate surface area is 230 Å². The van der Waals surface area contributed by atoms with E-state index < -0.39 is 0 Å². The largest absolute Gasteiger partial charge is 0.205 e. The van der Waals surface area contributed by atoms with Crippen LogP contribution in [-0.2, 0) is 19.4 Å². The summed E-state index contributed by atoms with van der Waals surface area (Å²) in [4.78, 5) is 0. The lowest BCUT2D eigenvalue weighted by Crippen LogP contribution is -2.32. The molecule has 2 rings (SSSR count). The van der Waals surface area contributed by atoms with Gasteiger partial charge in [0.25, 0.3) is 0 Å². The molecule has 0 aliphatic rings. The van der Waals surface area contributed by atoms with Crippen molar-refractivity contribution in [3.05, 3.63) is 78.1 Å². The molecular weight excluding hydrogens is 446 g/mol. The Morgan fingerprint density at radius 2 is 0.946 bits per heavy atom. The Balaban J connectivity index is 1.34. The first kappa shape index (κ1) is 31.3. The smallest absolute Gasteiger partial charge is 0.169 e. The number of pyridine rings is 1. The maximum atomic E-state index is 2.43. The van der Waals surface area contributed by atoms with Crippen LogP contribution in [0.1, 0.15) is 140 Å². The molecular formula is C36H58N+. The van der Waals surface area contributed by atoms with Crippen molar-refractivity contribution in [1.29, 1.82) is 0 Å². The Morgan fingerprint density at radius 1 is 0.486 bits per heavy atom. The third-order valence-electron chi connectivity index (χ3n) is 7.66. The predicted molar refractivity (Wildman–Crippen MR) is 163 cm³/mol. The molecule has 0 amide bonds. The van der Waals surface area contributed by atoms with E-state index in [1.165, 1.54) is 146 Å². The zero-order valence-corrected chi connectivity index (χ0v) is 24.4. The molecule has 0 saturated carbocycles. The van der Waals surface area contributed by atoms with Crippen LogP contribution in [0.5, 0.6) is 0 Å². The Morgan fingerprint density at radius 3 is 1.51 bits per heavy atom. The van der Waals surface area contributed by atoms with Crippen LogP contribution < -0.4 is 4.57 Å². The fraction of sp³-hybridized carbons (Fsp3) is 0.639. The summed E-state index contributed by atoms with van der Waals surface area (Å²) in [5.41, 5.74) is 2.98. The summed E-state index contributed by atoms with van der Waals surface area (Å²) in [5, 5.41) is 0. The topological polar surface area (TPSA) is 3.88 Å². The van der Waals surface area contributed by atoms with Crippen molar-refractivity contribution in [2.45, 2.75) is 148 Å². The fourth-order valence-corrected chi connectivity index (χ4v) is 5.18. The van der Waals surface area contributed by atoms with E-state index in [2.05, 4.69) is 78.5 Å². The molecule has 0 unspecified atom stereocenters. The maximum absolute atomic E-state index is 2.43. The van der Waals surface area contributed by atoms with Gasteiger partial charge in [0.15, 0.2) is 12.4 Å². The van der Waals surface area contributed by atoms with Gasteiger partial charge < -0.3 is 0 Å². The Kier molecular flexibility index (Phi) is 19.7. The molecule has 0 aliphatic heterocycles. The maximum Gasteiger partial charge on any atom is 0.169 e. The summed E-state index contributed by atoms with van der Waals surface area (Å²) in [6, 6.07) is 15.6. The first-order valence-electron chi connectivity index (χ1n) is 16.1. The summed E-state index contributed by atoms with van der Waals surface area (Å²) in [5.74, 6) is 0. The van der Waals surface area contributed by atoms with Crippen molar-refractivity contribution < 1.29 is 4.57 Å². The van der Waals surface area contributed by atoms with E-state index in [9.17, 15) is 0 Å². The van der Waals surface area contributed by atoms with E-state index in [-0.39, 0.29) is 0 Å². The van der Waals surface area contributed by atoms with Crippen LogP contribution >= 0.6 is 0 Å². The van der Waals surface area contributed by atoms with E-state index in [1.807, 2.05) is 0 Å². The molecule has 37 heavy (non-hydrogen) atoms. The first-order chi connectivity index (χ1) is 18.4. The summed E-state index contributed by atoms with van der Waals surface area (Å²) in [6.45, 7) is 3.44. The third-order valence-corrected chi connectivity index (χ3v) is 7.66. The zero-order chi connectivity index (χ0) is 26.1. The van der Waals surface area contributed by atoms with Gasteiger partial charge in [0.05, 0.1) is 0 Å². The number of aryl methyl sites for hydroxylation is 3. The van der Waals surface area contributed by atoms with E-state index >= 15 is 0 Å². The van der Waals surface area contributed by atoms with E-state index in [1.54, 1.807) is 0 Å². The van der Waals surface area contributed by atoms with Crippen LogP contribution in [0, 0.1) is 0 Å². The molecule has 0 aliphatic carbocycles. The number of hydrogen-bond donors (Lipinski definition) is 0. The molecule has 0 saturated heterocycles. The summed E-state index contributed by atoms with van der Waals surface area (Å²) in [6.07, 6.45) is 38.0. The van der Waals surface area contributed by atoms with Crippen molar-refractivity contribution in [2.24, 2.45) is 0 Å².